The Kier molecular flexibility index (Phi) is 5.33. The highest BCUT2D eigenvalue weighted by atomic mass is 16.2. The molecule has 1 aliphatic rings. The van der Waals surface area contributed by atoms with E-state index in [9.17, 15) is 9.59 Å². The number of anilines is 3. The van der Waals surface area contributed by atoms with Gasteiger partial charge in [0, 0.05) is 36.6 Å². The van der Waals surface area contributed by atoms with Gasteiger partial charge in [0.15, 0.2) is 0 Å². The van der Waals surface area contributed by atoms with E-state index in [0.717, 1.165) is 30.9 Å². The summed E-state index contributed by atoms with van der Waals surface area (Å²) in [6.07, 6.45) is 1.48. The van der Waals surface area contributed by atoms with Crippen molar-refractivity contribution in [3.63, 3.8) is 0 Å². The van der Waals surface area contributed by atoms with Gasteiger partial charge in [-0.05, 0) is 43.7 Å². The molecule has 0 aromatic heterocycles. The van der Waals surface area contributed by atoms with E-state index < -0.39 is 0 Å². The minimum atomic E-state index is -0.0735. The van der Waals surface area contributed by atoms with Crippen LogP contribution in [0.3, 0.4) is 0 Å². The van der Waals surface area contributed by atoms with E-state index in [-0.39, 0.29) is 18.4 Å². The number of rotatable bonds is 6. The monoisotopic (exact) mass is 337 g/mol. The van der Waals surface area contributed by atoms with Gasteiger partial charge in [-0.1, -0.05) is 24.3 Å². The van der Waals surface area contributed by atoms with Crippen molar-refractivity contribution in [2.75, 3.05) is 34.8 Å². The summed E-state index contributed by atoms with van der Waals surface area (Å²) in [5.74, 6) is 0.0697. The van der Waals surface area contributed by atoms with Crippen LogP contribution in [0.4, 0.5) is 17.1 Å². The lowest BCUT2D eigenvalue weighted by molar-refractivity contribution is -0.117. The Morgan fingerprint density at radius 2 is 1.96 bits per heavy atom. The van der Waals surface area contributed by atoms with Crippen LogP contribution in [0.15, 0.2) is 54.6 Å². The van der Waals surface area contributed by atoms with Crippen molar-refractivity contribution in [2.45, 2.75) is 19.8 Å². The summed E-state index contributed by atoms with van der Waals surface area (Å²) in [4.78, 5) is 28.1. The highest BCUT2D eigenvalue weighted by Gasteiger charge is 2.21. The van der Waals surface area contributed by atoms with E-state index in [1.54, 1.807) is 4.90 Å². The molecule has 0 radical (unpaired) electrons. The Morgan fingerprint density at radius 1 is 1.16 bits per heavy atom. The van der Waals surface area contributed by atoms with Crippen LogP contribution in [-0.2, 0) is 9.59 Å². The quantitative estimate of drug-likeness (QED) is 0.880. The summed E-state index contributed by atoms with van der Waals surface area (Å²) >= 11 is 0. The van der Waals surface area contributed by atoms with E-state index in [4.69, 9.17) is 0 Å². The van der Waals surface area contributed by atoms with Gasteiger partial charge in [-0.2, -0.15) is 0 Å². The standard InChI is InChI=1S/C20H23N3O2/c1-2-22(17-9-4-3-5-10-17)15-19(24)21-16-8-6-11-18(14-16)23-13-7-12-20(23)25/h3-6,8-11,14H,2,7,12-13,15H2,1H3,(H,21,24). The van der Waals surface area contributed by atoms with Crippen LogP contribution >= 0.6 is 0 Å². The number of nitrogens with zero attached hydrogens (tertiary/aromatic N) is 2. The van der Waals surface area contributed by atoms with E-state index >= 15 is 0 Å². The average molecular weight is 337 g/mol. The SMILES string of the molecule is CCN(CC(=O)Nc1cccc(N2CCCC2=O)c1)c1ccccc1. The molecule has 2 amide bonds. The molecule has 130 valence electrons. The predicted octanol–water partition coefficient (Wildman–Crippen LogP) is 3.28. The molecule has 0 atom stereocenters. The topological polar surface area (TPSA) is 52.7 Å². The second kappa shape index (κ2) is 7.83. The number of nitrogens with one attached hydrogen (secondary N) is 1. The van der Waals surface area contributed by atoms with Crippen molar-refractivity contribution in [1.82, 2.24) is 0 Å². The summed E-state index contributed by atoms with van der Waals surface area (Å²) in [5, 5.41) is 2.94. The average Bonchev–Trinajstić information content (AvgIpc) is 3.06. The zero-order chi connectivity index (χ0) is 17.6. The maximum absolute atomic E-state index is 12.4. The summed E-state index contributed by atoms with van der Waals surface area (Å²) in [5.41, 5.74) is 2.58. The molecule has 2 aromatic carbocycles. The van der Waals surface area contributed by atoms with Crippen molar-refractivity contribution in [2.24, 2.45) is 0 Å². The first-order valence-corrected chi connectivity index (χ1v) is 8.67. The lowest BCUT2D eigenvalue weighted by Gasteiger charge is -2.22. The largest absolute Gasteiger partial charge is 0.362 e. The fourth-order valence-electron chi connectivity index (χ4n) is 3.07. The fourth-order valence-corrected chi connectivity index (χ4v) is 3.07. The molecular weight excluding hydrogens is 314 g/mol. The summed E-state index contributed by atoms with van der Waals surface area (Å²) in [6, 6.07) is 17.4. The molecule has 0 bridgehead atoms. The first-order valence-electron chi connectivity index (χ1n) is 8.67. The summed E-state index contributed by atoms with van der Waals surface area (Å²) in [7, 11) is 0. The highest BCUT2D eigenvalue weighted by Crippen LogP contribution is 2.24. The third kappa shape index (κ3) is 4.18. The van der Waals surface area contributed by atoms with Gasteiger partial charge in [0.2, 0.25) is 11.8 Å². The van der Waals surface area contributed by atoms with Gasteiger partial charge in [-0.3, -0.25) is 9.59 Å². The molecule has 5 nitrogen and oxygen atoms in total. The molecule has 5 heteroatoms. The van der Waals surface area contributed by atoms with E-state index in [1.165, 1.54) is 0 Å². The zero-order valence-corrected chi connectivity index (χ0v) is 14.4. The lowest BCUT2D eigenvalue weighted by Crippen LogP contribution is -2.33. The molecule has 0 aliphatic carbocycles. The molecule has 1 fully saturated rings. The van der Waals surface area contributed by atoms with Crippen molar-refractivity contribution in [3.8, 4) is 0 Å². The van der Waals surface area contributed by atoms with E-state index in [2.05, 4.69) is 5.32 Å². The van der Waals surface area contributed by atoms with Gasteiger partial charge in [0.25, 0.3) is 0 Å². The molecule has 3 rings (SSSR count). The Hall–Kier alpha value is -2.82. The molecule has 1 saturated heterocycles. The second-order valence-electron chi connectivity index (χ2n) is 6.10. The number of carbonyl (C=O) groups excluding carboxylic acids is 2. The molecule has 25 heavy (non-hydrogen) atoms. The number of para-hydroxylation sites is 1. The fraction of sp³-hybridized carbons (Fsp3) is 0.300. The first-order chi connectivity index (χ1) is 12.2. The van der Waals surface area contributed by atoms with Gasteiger partial charge >= 0.3 is 0 Å². The number of amides is 2. The normalized spacial score (nSPS) is 13.8. The van der Waals surface area contributed by atoms with Gasteiger partial charge in [-0.15, -0.1) is 0 Å². The van der Waals surface area contributed by atoms with Crippen LogP contribution in [0, 0.1) is 0 Å². The number of likely N-dealkylation sites (N-methyl/N-ethyl adjacent to an activating group) is 1. The molecule has 1 N–H and O–H groups in total. The van der Waals surface area contributed by atoms with Crippen LogP contribution in [0.25, 0.3) is 0 Å². The van der Waals surface area contributed by atoms with Crippen molar-refractivity contribution in [3.05, 3.63) is 54.6 Å². The number of carbonyl (C=O) groups is 2. The van der Waals surface area contributed by atoms with Crippen molar-refractivity contribution in [1.29, 1.82) is 0 Å². The Morgan fingerprint density at radius 3 is 2.64 bits per heavy atom. The molecule has 0 unspecified atom stereocenters. The molecule has 2 aromatic rings. The molecule has 1 aliphatic heterocycles. The van der Waals surface area contributed by atoms with Crippen molar-refractivity contribution < 1.29 is 9.59 Å². The maximum atomic E-state index is 12.4. The predicted molar refractivity (Wildman–Crippen MR) is 101 cm³/mol. The van der Waals surface area contributed by atoms with Crippen LogP contribution in [0.1, 0.15) is 19.8 Å². The van der Waals surface area contributed by atoms with Crippen LogP contribution in [0.5, 0.6) is 0 Å². The first kappa shape index (κ1) is 17.0. The van der Waals surface area contributed by atoms with Gasteiger partial charge in [0.05, 0.1) is 6.54 Å². The third-order valence-corrected chi connectivity index (χ3v) is 4.35. The zero-order valence-electron chi connectivity index (χ0n) is 14.4. The van der Waals surface area contributed by atoms with E-state index in [1.807, 2.05) is 66.4 Å². The lowest BCUT2D eigenvalue weighted by atomic mass is 10.2. The van der Waals surface area contributed by atoms with E-state index in [0.29, 0.717) is 12.1 Å². The van der Waals surface area contributed by atoms with Gasteiger partial charge in [-0.25, -0.2) is 0 Å². The van der Waals surface area contributed by atoms with Gasteiger partial charge in [0.1, 0.15) is 0 Å². The van der Waals surface area contributed by atoms with Crippen LogP contribution in [-0.4, -0.2) is 31.4 Å². The number of benzene rings is 2. The summed E-state index contributed by atoms with van der Waals surface area (Å²) < 4.78 is 0. The number of hydrogen-bond donors (Lipinski definition) is 1. The van der Waals surface area contributed by atoms with Crippen LogP contribution < -0.4 is 15.1 Å². The maximum Gasteiger partial charge on any atom is 0.243 e. The highest BCUT2D eigenvalue weighted by molar-refractivity contribution is 5.97. The smallest absolute Gasteiger partial charge is 0.243 e. The third-order valence-electron chi connectivity index (χ3n) is 4.35. The van der Waals surface area contributed by atoms with Crippen LogP contribution in [0.2, 0.25) is 0 Å². The molecule has 1 heterocycles. The Balaban J connectivity index is 1.65. The van der Waals surface area contributed by atoms with Crippen molar-refractivity contribution >= 4 is 28.9 Å². The summed E-state index contributed by atoms with van der Waals surface area (Å²) in [6.45, 7) is 3.81. The molecule has 0 saturated carbocycles. The Bertz CT molecular complexity index is 746. The minimum absolute atomic E-state index is 0.0735. The minimum Gasteiger partial charge on any atom is -0.362 e. The Labute approximate surface area is 148 Å². The second-order valence-corrected chi connectivity index (χ2v) is 6.10. The molecular formula is C20H23N3O2. The van der Waals surface area contributed by atoms with Gasteiger partial charge < -0.3 is 15.1 Å². The molecule has 0 spiro atoms. The number of hydrogen-bond acceptors (Lipinski definition) is 3.